The Bertz CT molecular complexity index is 1170. The highest BCUT2D eigenvalue weighted by atomic mass is 19.1. The van der Waals surface area contributed by atoms with Crippen LogP contribution in [0.15, 0.2) is 54.6 Å². The number of nitro groups is 1. The van der Waals surface area contributed by atoms with Gasteiger partial charge in [-0.15, -0.1) is 10.2 Å². The van der Waals surface area contributed by atoms with Crippen LogP contribution in [-0.2, 0) is 4.79 Å². The number of nitrogens with one attached hydrogen (secondary N) is 1. The van der Waals surface area contributed by atoms with Crippen molar-refractivity contribution < 1.29 is 18.8 Å². The third kappa shape index (κ3) is 4.89. The standard InChI is InChI=1S/C23H22FN5O4/c1-33-21-7-3-2-6-17(21)19-10-11-22(27-26-19)28-12-4-5-15(14-28)23(30)25-16-8-9-18(24)20(13-16)29(31)32/h2-3,6-11,13,15H,4-5,12,14H2,1H3,(H,25,30). The van der Waals surface area contributed by atoms with Crippen molar-refractivity contribution in [3.63, 3.8) is 0 Å². The highest BCUT2D eigenvalue weighted by molar-refractivity contribution is 5.93. The number of nitro benzene ring substituents is 1. The molecule has 10 heteroatoms. The van der Waals surface area contributed by atoms with Crippen molar-refractivity contribution in [3.05, 3.63) is 70.5 Å². The van der Waals surface area contributed by atoms with Crippen LogP contribution in [0.4, 0.5) is 21.6 Å². The lowest BCUT2D eigenvalue weighted by Gasteiger charge is -2.32. The zero-order valence-electron chi connectivity index (χ0n) is 17.9. The normalized spacial score (nSPS) is 15.7. The Morgan fingerprint density at radius 3 is 2.76 bits per heavy atom. The molecular weight excluding hydrogens is 429 g/mol. The van der Waals surface area contributed by atoms with E-state index in [1.807, 2.05) is 41.3 Å². The highest BCUT2D eigenvalue weighted by Gasteiger charge is 2.27. The van der Waals surface area contributed by atoms with Crippen molar-refractivity contribution in [2.24, 2.45) is 5.92 Å². The van der Waals surface area contributed by atoms with Gasteiger partial charge in [-0.05, 0) is 49.2 Å². The van der Waals surface area contributed by atoms with Crippen LogP contribution in [0.25, 0.3) is 11.3 Å². The van der Waals surface area contributed by atoms with Crippen molar-refractivity contribution >= 4 is 23.1 Å². The topological polar surface area (TPSA) is 110 Å². The van der Waals surface area contributed by atoms with Crippen LogP contribution in [0.2, 0.25) is 0 Å². The van der Waals surface area contributed by atoms with Gasteiger partial charge in [0.1, 0.15) is 5.75 Å². The molecule has 1 saturated heterocycles. The molecule has 170 valence electrons. The summed E-state index contributed by atoms with van der Waals surface area (Å²) in [6.07, 6.45) is 1.44. The number of amides is 1. The Morgan fingerprint density at radius 2 is 2.03 bits per heavy atom. The van der Waals surface area contributed by atoms with Gasteiger partial charge in [-0.3, -0.25) is 14.9 Å². The quantitative estimate of drug-likeness (QED) is 0.445. The second-order valence-electron chi connectivity index (χ2n) is 7.67. The van der Waals surface area contributed by atoms with Crippen molar-refractivity contribution in [1.82, 2.24) is 10.2 Å². The molecule has 1 N–H and O–H groups in total. The average Bonchev–Trinajstić information content (AvgIpc) is 2.85. The van der Waals surface area contributed by atoms with E-state index >= 15 is 0 Å². The Labute approximate surface area is 189 Å². The van der Waals surface area contributed by atoms with Crippen LogP contribution < -0.4 is 15.0 Å². The van der Waals surface area contributed by atoms with Gasteiger partial charge in [0.15, 0.2) is 5.82 Å². The summed E-state index contributed by atoms with van der Waals surface area (Å²) in [7, 11) is 1.60. The first-order valence-corrected chi connectivity index (χ1v) is 10.4. The van der Waals surface area contributed by atoms with E-state index in [4.69, 9.17) is 4.74 Å². The minimum Gasteiger partial charge on any atom is -0.496 e. The molecule has 1 amide bonds. The van der Waals surface area contributed by atoms with Gasteiger partial charge in [0.2, 0.25) is 11.7 Å². The molecular formula is C23H22FN5O4. The van der Waals surface area contributed by atoms with Gasteiger partial charge in [0.05, 0.1) is 23.6 Å². The molecule has 1 unspecified atom stereocenters. The molecule has 9 nitrogen and oxygen atoms in total. The SMILES string of the molecule is COc1ccccc1-c1ccc(N2CCCC(C(=O)Nc3ccc(F)c([N+](=O)[O-])c3)C2)nn1. The fourth-order valence-corrected chi connectivity index (χ4v) is 3.87. The minimum absolute atomic E-state index is 0.186. The zero-order chi connectivity index (χ0) is 23.4. The summed E-state index contributed by atoms with van der Waals surface area (Å²) in [5.41, 5.74) is 1.03. The first kappa shape index (κ1) is 22.1. The number of anilines is 2. The minimum atomic E-state index is -0.947. The van der Waals surface area contributed by atoms with E-state index in [0.717, 1.165) is 30.7 Å². The second-order valence-corrected chi connectivity index (χ2v) is 7.67. The van der Waals surface area contributed by atoms with Gasteiger partial charge in [-0.2, -0.15) is 4.39 Å². The van der Waals surface area contributed by atoms with Crippen LogP contribution in [0, 0.1) is 21.8 Å². The van der Waals surface area contributed by atoms with Crippen LogP contribution >= 0.6 is 0 Å². The summed E-state index contributed by atoms with van der Waals surface area (Å²) in [5, 5.41) is 22.3. The Balaban J connectivity index is 1.45. The number of carbonyl (C=O) groups is 1. The molecule has 2 aromatic carbocycles. The third-order valence-electron chi connectivity index (χ3n) is 5.56. The average molecular weight is 451 g/mol. The maximum absolute atomic E-state index is 13.5. The largest absolute Gasteiger partial charge is 0.496 e. The number of rotatable bonds is 6. The number of halogens is 1. The maximum atomic E-state index is 13.5. The van der Waals surface area contributed by atoms with Crippen molar-refractivity contribution in [3.8, 4) is 17.0 Å². The van der Waals surface area contributed by atoms with E-state index in [1.54, 1.807) is 7.11 Å². The number of hydrogen-bond donors (Lipinski definition) is 1. The number of nitrogens with zero attached hydrogens (tertiary/aromatic N) is 4. The molecule has 1 aliphatic rings. The summed E-state index contributed by atoms with van der Waals surface area (Å²) >= 11 is 0. The van der Waals surface area contributed by atoms with Crippen LogP contribution in [0.3, 0.4) is 0 Å². The number of benzene rings is 2. The van der Waals surface area contributed by atoms with Crippen molar-refractivity contribution in [2.45, 2.75) is 12.8 Å². The Kier molecular flexibility index (Phi) is 6.43. The number of aromatic nitrogens is 2. The van der Waals surface area contributed by atoms with Crippen LogP contribution in [-0.4, -0.2) is 41.2 Å². The Morgan fingerprint density at radius 1 is 1.21 bits per heavy atom. The molecule has 4 rings (SSSR count). The molecule has 3 aromatic rings. The van der Waals surface area contributed by atoms with Gasteiger partial charge in [-0.1, -0.05) is 12.1 Å². The van der Waals surface area contributed by atoms with Gasteiger partial charge in [0.25, 0.3) is 0 Å². The molecule has 0 aliphatic carbocycles. The lowest BCUT2D eigenvalue weighted by molar-refractivity contribution is -0.387. The molecule has 0 spiro atoms. The summed E-state index contributed by atoms with van der Waals surface area (Å²) in [4.78, 5) is 24.9. The third-order valence-corrected chi connectivity index (χ3v) is 5.56. The van der Waals surface area contributed by atoms with Crippen LogP contribution in [0.5, 0.6) is 5.75 Å². The number of ether oxygens (including phenoxy) is 1. The Hall–Kier alpha value is -4.08. The van der Waals surface area contributed by atoms with E-state index in [1.165, 1.54) is 6.07 Å². The van der Waals surface area contributed by atoms with E-state index < -0.39 is 16.4 Å². The molecule has 0 radical (unpaired) electrons. The number of carbonyl (C=O) groups excluding carboxylic acids is 1. The van der Waals surface area contributed by atoms with Gasteiger partial charge in [0, 0.05) is 30.4 Å². The summed E-state index contributed by atoms with van der Waals surface area (Å²) in [5.74, 6) is -0.214. The monoisotopic (exact) mass is 451 g/mol. The number of hydrogen-bond acceptors (Lipinski definition) is 7. The summed E-state index contributed by atoms with van der Waals surface area (Å²) in [6, 6.07) is 14.6. The molecule has 1 atom stereocenters. The van der Waals surface area contributed by atoms with Gasteiger partial charge in [-0.25, -0.2) is 0 Å². The van der Waals surface area contributed by atoms with Crippen molar-refractivity contribution in [1.29, 1.82) is 0 Å². The first-order chi connectivity index (χ1) is 16.0. The molecule has 1 fully saturated rings. The van der Waals surface area contributed by atoms with Gasteiger partial charge < -0.3 is 15.0 Å². The lowest BCUT2D eigenvalue weighted by atomic mass is 9.97. The highest BCUT2D eigenvalue weighted by Crippen LogP contribution is 2.29. The van der Waals surface area contributed by atoms with Gasteiger partial charge >= 0.3 is 5.69 Å². The maximum Gasteiger partial charge on any atom is 0.306 e. The number of methoxy groups -OCH3 is 1. The van der Waals surface area contributed by atoms with E-state index in [9.17, 15) is 19.3 Å². The second kappa shape index (κ2) is 9.60. The lowest BCUT2D eigenvalue weighted by Crippen LogP contribution is -2.41. The molecule has 33 heavy (non-hydrogen) atoms. The van der Waals surface area contributed by atoms with E-state index in [2.05, 4.69) is 15.5 Å². The molecule has 0 saturated carbocycles. The predicted molar refractivity (Wildman–Crippen MR) is 121 cm³/mol. The molecule has 1 aromatic heterocycles. The summed E-state index contributed by atoms with van der Waals surface area (Å²) in [6.45, 7) is 1.16. The van der Waals surface area contributed by atoms with E-state index in [0.29, 0.717) is 30.2 Å². The first-order valence-electron chi connectivity index (χ1n) is 10.4. The zero-order valence-corrected chi connectivity index (χ0v) is 17.9. The van der Waals surface area contributed by atoms with E-state index in [-0.39, 0.29) is 17.5 Å². The number of para-hydroxylation sites is 1. The fraction of sp³-hybridized carbons (Fsp3) is 0.261. The summed E-state index contributed by atoms with van der Waals surface area (Å²) < 4.78 is 18.9. The molecule has 0 bridgehead atoms. The van der Waals surface area contributed by atoms with Crippen LogP contribution in [0.1, 0.15) is 12.8 Å². The van der Waals surface area contributed by atoms with Crippen molar-refractivity contribution in [2.75, 3.05) is 30.4 Å². The number of piperidine rings is 1. The fourth-order valence-electron chi connectivity index (χ4n) is 3.87. The molecule has 1 aliphatic heterocycles. The smallest absolute Gasteiger partial charge is 0.306 e. The molecule has 2 heterocycles. The predicted octanol–water partition coefficient (Wildman–Crippen LogP) is 4.05.